The first-order chi connectivity index (χ1) is 14.7. The highest BCUT2D eigenvalue weighted by molar-refractivity contribution is 6.35. The molecule has 0 spiro atoms. The van der Waals surface area contributed by atoms with Gasteiger partial charge in [-0.15, -0.1) is 0 Å². The van der Waals surface area contributed by atoms with E-state index in [1.165, 1.54) is 25.2 Å². The normalized spacial score (nSPS) is 17.0. The molecule has 2 aromatic rings. The van der Waals surface area contributed by atoms with E-state index in [2.05, 4.69) is 15.3 Å². The molecule has 1 aromatic heterocycles. The van der Waals surface area contributed by atoms with Gasteiger partial charge in [0.15, 0.2) is 11.6 Å². The number of carbonyl (C=O) groups excluding carboxylic acids is 1. The van der Waals surface area contributed by atoms with Gasteiger partial charge < -0.3 is 19.9 Å². The summed E-state index contributed by atoms with van der Waals surface area (Å²) in [6.45, 7) is 4.20. The molecular formula is C21H26ClF2N5O2. The number of rotatable bonds is 8. The van der Waals surface area contributed by atoms with Crippen molar-refractivity contribution >= 4 is 29.1 Å². The maximum absolute atomic E-state index is 12.7. The number of anilines is 2. The van der Waals surface area contributed by atoms with Crippen LogP contribution in [0.25, 0.3) is 0 Å². The Morgan fingerprint density at radius 2 is 2.06 bits per heavy atom. The van der Waals surface area contributed by atoms with Crippen molar-refractivity contribution in [2.45, 2.75) is 38.8 Å². The molecule has 0 unspecified atom stereocenters. The zero-order valence-electron chi connectivity index (χ0n) is 17.7. The fourth-order valence-electron chi connectivity index (χ4n) is 3.56. The summed E-state index contributed by atoms with van der Waals surface area (Å²) in [4.78, 5) is 22.8. The molecule has 31 heavy (non-hydrogen) atoms. The molecule has 1 fully saturated rings. The minimum atomic E-state index is -2.49. The quantitative estimate of drug-likeness (QED) is 0.657. The smallest absolute Gasteiger partial charge is 0.255 e. The number of nitrogens with one attached hydrogen (secondary N) is 1. The Bertz CT molecular complexity index is 900. The Morgan fingerprint density at radius 1 is 1.35 bits per heavy atom. The zero-order chi connectivity index (χ0) is 22.5. The van der Waals surface area contributed by atoms with Gasteiger partial charge in [-0.3, -0.25) is 4.79 Å². The zero-order valence-corrected chi connectivity index (χ0v) is 18.4. The molecule has 1 saturated heterocycles. The summed E-state index contributed by atoms with van der Waals surface area (Å²) in [5, 5.41) is 3.10. The van der Waals surface area contributed by atoms with Crippen LogP contribution in [0.3, 0.4) is 0 Å². The molecule has 2 heterocycles. The van der Waals surface area contributed by atoms with Gasteiger partial charge in [0.1, 0.15) is 23.2 Å². The van der Waals surface area contributed by atoms with Crippen LogP contribution in [0, 0.1) is 0 Å². The molecule has 10 heteroatoms. The van der Waals surface area contributed by atoms with Crippen LogP contribution in [0.15, 0.2) is 30.6 Å². The lowest BCUT2D eigenvalue weighted by Gasteiger charge is -2.23. The first-order valence-electron chi connectivity index (χ1n) is 10.0. The predicted molar refractivity (Wildman–Crippen MR) is 116 cm³/mol. The second-order valence-electron chi connectivity index (χ2n) is 7.57. The van der Waals surface area contributed by atoms with Crippen LogP contribution in [0.2, 0.25) is 5.02 Å². The number of aromatic nitrogens is 2. The van der Waals surface area contributed by atoms with Crippen LogP contribution in [0.5, 0.6) is 5.75 Å². The van der Waals surface area contributed by atoms with Gasteiger partial charge in [0.25, 0.3) is 6.43 Å². The highest BCUT2D eigenvalue weighted by Gasteiger charge is 2.28. The largest absolute Gasteiger partial charge is 0.489 e. The summed E-state index contributed by atoms with van der Waals surface area (Å²) in [5.41, 5.74) is 0.990. The molecule has 168 valence electrons. The summed E-state index contributed by atoms with van der Waals surface area (Å²) >= 11 is 6.43. The van der Waals surface area contributed by atoms with Crippen LogP contribution in [-0.4, -0.2) is 55.1 Å². The summed E-state index contributed by atoms with van der Waals surface area (Å²) in [6.07, 6.45) is -0.447. The third kappa shape index (κ3) is 5.94. The van der Waals surface area contributed by atoms with Crippen molar-refractivity contribution in [2.24, 2.45) is 0 Å². The number of amides is 1. The molecule has 1 aliphatic rings. The molecule has 1 aliphatic heterocycles. The summed E-state index contributed by atoms with van der Waals surface area (Å²) < 4.78 is 31.5. The molecule has 7 nitrogen and oxygen atoms in total. The SMILES string of the molecule is CC(=O)N[C@@H](C)c1ccc(O[C@@H]2CCN(c3ncnc(N(C)CC(F)F)c3Cl)C2)cc1. The Hall–Kier alpha value is -2.68. The van der Waals surface area contributed by atoms with Crippen LogP contribution in [-0.2, 0) is 4.79 Å². The lowest BCUT2D eigenvalue weighted by molar-refractivity contribution is -0.119. The number of hydrogen-bond donors (Lipinski definition) is 1. The molecule has 1 aromatic carbocycles. The number of alkyl halides is 2. The van der Waals surface area contributed by atoms with E-state index >= 15 is 0 Å². The Balaban J connectivity index is 1.62. The van der Waals surface area contributed by atoms with Gasteiger partial charge in [-0.05, 0) is 24.6 Å². The lowest BCUT2D eigenvalue weighted by Crippen LogP contribution is -2.28. The monoisotopic (exact) mass is 453 g/mol. The van der Waals surface area contributed by atoms with Crippen molar-refractivity contribution in [1.82, 2.24) is 15.3 Å². The molecular weight excluding hydrogens is 428 g/mol. The third-order valence-corrected chi connectivity index (χ3v) is 5.41. The van der Waals surface area contributed by atoms with E-state index in [-0.39, 0.29) is 28.9 Å². The molecule has 2 atom stereocenters. The number of nitrogens with zero attached hydrogens (tertiary/aromatic N) is 4. The molecule has 0 bridgehead atoms. The van der Waals surface area contributed by atoms with Crippen molar-refractivity contribution in [3.63, 3.8) is 0 Å². The van der Waals surface area contributed by atoms with Crippen molar-refractivity contribution in [2.75, 3.05) is 36.5 Å². The minimum Gasteiger partial charge on any atom is -0.489 e. The lowest BCUT2D eigenvalue weighted by atomic mass is 10.1. The first kappa shape index (κ1) is 23.0. The van der Waals surface area contributed by atoms with Crippen LogP contribution >= 0.6 is 11.6 Å². The Morgan fingerprint density at radius 3 is 2.71 bits per heavy atom. The van der Waals surface area contributed by atoms with Gasteiger partial charge in [0, 0.05) is 26.9 Å². The molecule has 0 saturated carbocycles. The Labute approximate surface area is 185 Å². The van der Waals surface area contributed by atoms with Gasteiger partial charge >= 0.3 is 0 Å². The standard InChI is InChI=1S/C21H26ClF2N5O2/c1-13(27-14(2)30)15-4-6-16(7-5-15)31-17-8-9-29(10-17)21-19(22)20(25-12-26-21)28(3)11-18(23)24/h4-7,12-13,17-18H,8-11H2,1-3H3,(H,27,30)/t13-,17+/m0/s1. The highest BCUT2D eigenvalue weighted by Crippen LogP contribution is 2.33. The maximum atomic E-state index is 12.7. The number of halogens is 3. The van der Waals surface area contributed by atoms with Crippen molar-refractivity contribution in [1.29, 1.82) is 0 Å². The van der Waals surface area contributed by atoms with E-state index in [9.17, 15) is 13.6 Å². The second-order valence-corrected chi connectivity index (χ2v) is 7.95. The summed E-state index contributed by atoms with van der Waals surface area (Å²) in [7, 11) is 1.52. The van der Waals surface area contributed by atoms with E-state index in [1.807, 2.05) is 36.1 Å². The number of benzene rings is 1. The average Bonchev–Trinajstić information content (AvgIpc) is 3.15. The second kappa shape index (κ2) is 10.1. The topological polar surface area (TPSA) is 70.6 Å². The van der Waals surface area contributed by atoms with E-state index in [0.29, 0.717) is 18.9 Å². The molecule has 0 aliphatic carbocycles. The number of ether oxygens (including phenoxy) is 1. The van der Waals surface area contributed by atoms with Gasteiger partial charge in [-0.1, -0.05) is 23.7 Å². The summed E-state index contributed by atoms with van der Waals surface area (Å²) in [5.74, 6) is 1.45. The van der Waals surface area contributed by atoms with E-state index in [4.69, 9.17) is 16.3 Å². The van der Waals surface area contributed by atoms with Gasteiger partial charge in [-0.2, -0.15) is 0 Å². The Kier molecular flexibility index (Phi) is 7.48. The van der Waals surface area contributed by atoms with Crippen molar-refractivity contribution in [3.8, 4) is 5.75 Å². The van der Waals surface area contributed by atoms with Crippen molar-refractivity contribution < 1.29 is 18.3 Å². The highest BCUT2D eigenvalue weighted by atomic mass is 35.5. The third-order valence-electron chi connectivity index (χ3n) is 5.07. The summed E-state index contributed by atoms with van der Waals surface area (Å²) in [6, 6.07) is 7.53. The average molecular weight is 454 g/mol. The number of hydrogen-bond acceptors (Lipinski definition) is 6. The fourth-order valence-corrected chi connectivity index (χ4v) is 3.93. The van der Waals surface area contributed by atoms with E-state index < -0.39 is 13.0 Å². The first-order valence-corrected chi connectivity index (χ1v) is 10.4. The maximum Gasteiger partial charge on any atom is 0.255 e. The molecule has 1 amide bonds. The van der Waals surface area contributed by atoms with Gasteiger partial charge in [0.05, 0.1) is 19.1 Å². The van der Waals surface area contributed by atoms with Crippen LogP contribution in [0.4, 0.5) is 20.4 Å². The fraction of sp³-hybridized carbons (Fsp3) is 0.476. The van der Waals surface area contributed by atoms with Gasteiger partial charge in [0.2, 0.25) is 5.91 Å². The van der Waals surface area contributed by atoms with Crippen LogP contribution < -0.4 is 19.9 Å². The molecule has 0 radical (unpaired) electrons. The van der Waals surface area contributed by atoms with Crippen LogP contribution in [0.1, 0.15) is 31.9 Å². The van der Waals surface area contributed by atoms with Crippen molar-refractivity contribution in [3.05, 3.63) is 41.2 Å². The minimum absolute atomic E-state index is 0.0631. The number of carbonyl (C=O) groups is 1. The molecule has 1 N–H and O–H groups in total. The molecule has 3 rings (SSSR count). The van der Waals surface area contributed by atoms with Gasteiger partial charge in [-0.25, -0.2) is 18.7 Å². The van der Waals surface area contributed by atoms with E-state index in [0.717, 1.165) is 17.7 Å². The van der Waals surface area contributed by atoms with E-state index in [1.54, 1.807) is 0 Å². The predicted octanol–water partition coefficient (Wildman–Crippen LogP) is 3.69.